The average molecular weight is 328 g/mol. The molecule has 0 unspecified atom stereocenters. The van der Waals surface area contributed by atoms with Crippen LogP contribution in [0.25, 0.3) is 11.5 Å². The van der Waals surface area contributed by atoms with E-state index in [1.165, 1.54) is 24.3 Å². The number of hydrogen-bond donors (Lipinski definition) is 2. The molecule has 0 fully saturated rings. The maximum atomic E-state index is 12.8. The second-order valence-corrected chi connectivity index (χ2v) is 4.73. The van der Waals surface area contributed by atoms with Gasteiger partial charge in [0.05, 0.1) is 7.11 Å². The maximum absolute atomic E-state index is 12.8. The molecule has 2 amide bonds. The zero-order valence-corrected chi connectivity index (χ0v) is 12.6. The zero-order valence-electron chi connectivity index (χ0n) is 12.6. The molecule has 7 nitrogen and oxygen atoms in total. The Bertz CT molecular complexity index is 831. The third-order valence-electron chi connectivity index (χ3n) is 3.08. The van der Waals surface area contributed by atoms with Gasteiger partial charge in [0.25, 0.3) is 0 Å². The number of carbonyl (C=O) groups is 1. The lowest BCUT2D eigenvalue weighted by Gasteiger charge is -2.04. The summed E-state index contributed by atoms with van der Waals surface area (Å²) in [6.07, 6.45) is 0. The number of ether oxygens (including phenoxy) is 1. The molecule has 3 rings (SSSR count). The number of anilines is 2. The number of methoxy groups -OCH3 is 1. The lowest BCUT2D eigenvalue weighted by molar-refractivity contribution is 0.261. The molecule has 0 aliphatic carbocycles. The predicted molar refractivity (Wildman–Crippen MR) is 85.3 cm³/mol. The minimum atomic E-state index is -0.577. The average Bonchev–Trinajstić information content (AvgIpc) is 3.05. The van der Waals surface area contributed by atoms with Gasteiger partial charge in [0.15, 0.2) is 0 Å². The lowest BCUT2D eigenvalue weighted by Crippen LogP contribution is -2.19. The van der Waals surface area contributed by atoms with E-state index in [4.69, 9.17) is 9.15 Å². The van der Waals surface area contributed by atoms with E-state index in [2.05, 4.69) is 20.8 Å². The van der Waals surface area contributed by atoms with Crippen LogP contribution in [0.3, 0.4) is 0 Å². The minimum absolute atomic E-state index is 0.0552. The molecule has 1 heterocycles. The van der Waals surface area contributed by atoms with E-state index in [1.54, 1.807) is 31.4 Å². The Hall–Kier alpha value is -3.42. The van der Waals surface area contributed by atoms with E-state index >= 15 is 0 Å². The number of urea groups is 1. The van der Waals surface area contributed by atoms with Crippen molar-refractivity contribution in [2.45, 2.75) is 0 Å². The van der Waals surface area contributed by atoms with Gasteiger partial charge in [-0.2, -0.15) is 0 Å². The molecule has 1 aromatic heterocycles. The van der Waals surface area contributed by atoms with E-state index in [1.807, 2.05) is 0 Å². The number of amides is 2. The van der Waals surface area contributed by atoms with Gasteiger partial charge < -0.3 is 14.5 Å². The highest BCUT2D eigenvalue weighted by Crippen LogP contribution is 2.22. The van der Waals surface area contributed by atoms with E-state index in [9.17, 15) is 9.18 Å². The van der Waals surface area contributed by atoms with E-state index in [0.717, 1.165) is 0 Å². The van der Waals surface area contributed by atoms with Crippen LogP contribution in [0.1, 0.15) is 0 Å². The molecule has 3 aromatic rings. The number of nitrogens with zero attached hydrogens (tertiary/aromatic N) is 2. The van der Waals surface area contributed by atoms with Gasteiger partial charge in [-0.1, -0.05) is 5.10 Å². The van der Waals surface area contributed by atoms with Crippen molar-refractivity contribution in [1.82, 2.24) is 10.2 Å². The third-order valence-corrected chi connectivity index (χ3v) is 3.08. The van der Waals surface area contributed by atoms with Crippen LogP contribution in [0.4, 0.5) is 20.9 Å². The summed E-state index contributed by atoms with van der Waals surface area (Å²) in [4.78, 5) is 11.8. The van der Waals surface area contributed by atoms with Crippen LogP contribution in [0.5, 0.6) is 5.75 Å². The summed E-state index contributed by atoms with van der Waals surface area (Å²) in [5, 5.41) is 12.5. The first-order valence-corrected chi connectivity index (χ1v) is 6.95. The Morgan fingerprint density at radius 2 is 1.75 bits per heavy atom. The zero-order chi connectivity index (χ0) is 16.9. The second-order valence-electron chi connectivity index (χ2n) is 4.73. The molecule has 0 bridgehead atoms. The molecule has 8 heteroatoms. The summed E-state index contributed by atoms with van der Waals surface area (Å²) in [6, 6.07) is 11.8. The molecule has 0 aliphatic heterocycles. The van der Waals surface area contributed by atoms with Crippen molar-refractivity contribution in [3.05, 3.63) is 54.3 Å². The summed E-state index contributed by atoms with van der Waals surface area (Å²) in [5.41, 5.74) is 1.12. The van der Waals surface area contributed by atoms with Gasteiger partial charge in [0.2, 0.25) is 5.89 Å². The Morgan fingerprint density at radius 1 is 1.04 bits per heavy atom. The fourth-order valence-corrected chi connectivity index (χ4v) is 1.92. The molecule has 0 atom stereocenters. The van der Waals surface area contributed by atoms with Crippen molar-refractivity contribution in [3.8, 4) is 17.2 Å². The number of rotatable bonds is 4. The number of benzene rings is 2. The van der Waals surface area contributed by atoms with Crippen LogP contribution in [-0.2, 0) is 0 Å². The first-order chi connectivity index (χ1) is 11.6. The fourth-order valence-electron chi connectivity index (χ4n) is 1.92. The Morgan fingerprint density at radius 3 is 2.42 bits per heavy atom. The monoisotopic (exact) mass is 328 g/mol. The van der Waals surface area contributed by atoms with E-state index < -0.39 is 6.03 Å². The molecular formula is C16H13FN4O3. The van der Waals surface area contributed by atoms with Crippen molar-refractivity contribution < 1.29 is 18.3 Å². The Kier molecular flexibility index (Phi) is 4.37. The largest absolute Gasteiger partial charge is 0.497 e. The number of aromatic nitrogens is 2. The number of hydrogen-bond acceptors (Lipinski definition) is 5. The number of halogens is 1. The smallest absolute Gasteiger partial charge is 0.327 e. The van der Waals surface area contributed by atoms with Crippen LogP contribution < -0.4 is 15.4 Å². The van der Waals surface area contributed by atoms with Crippen LogP contribution in [-0.4, -0.2) is 23.3 Å². The van der Waals surface area contributed by atoms with Gasteiger partial charge in [-0.05, 0) is 48.5 Å². The van der Waals surface area contributed by atoms with Crippen LogP contribution in [0.2, 0.25) is 0 Å². The minimum Gasteiger partial charge on any atom is -0.497 e. The van der Waals surface area contributed by atoms with Crippen LogP contribution >= 0.6 is 0 Å². The fraction of sp³-hybridized carbons (Fsp3) is 0.0625. The van der Waals surface area contributed by atoms with Gasteiger partial charge in [0, 0.05) is 11.3 Å². The van der Waals surface area contributed by atoms with Crippen LogP contribution in [0.15, 0.2) is 52.9 Å². The SMILES string of the molecule is COc1ccc(-c2nnc(NC(=O)Nc3ccc(F)cc3)o2)cc1. The van der Waals surface area contributed by atoms with Crippen LogP contribution in [0, 0.1) is 5.82 Å². The summed E-state index contributed by atoms with van der Waals surface area (Å²) in [6.45, 7) is 0. The lowest BCUT2D eigenvalue weighted by atomic mass is 10.2. The first-order valence-electron chi connectivity index (χ1n) is 6.95. The molecule has 0 aliphatic rings. The van der Waals surface area contributed by atoms with Crippen molar-refractivity contribution in [2.24, 2.45) is 0 Å². The van der Waals surface area contributed by atoms with Gasteiger partial charge in [-0.15, -0.1) is 5.10 Å². The van der Waals surface area contributed by atoms with Gasteiger partial charge in [0.1, 0.15) is 11.6 Å². The normalized spacial score (nSPS) is 10.2. The second kappa shape index (κ2) is 6.78. The first kappa shape index (κ1) is 15.5. The maximum Gasteiger partial charge on any atom is 0.327 e. The molecular weight excluding hydrogens is 315 g/mol. The van der Waals surface area contributed by atoms with Crippen molar-refractivity contribution in [3.63, 3.8) is 0 Å². The summed E-state index contributed by atoms with van der Waals surface area (Å²) >= 11 is 0. The summed E-state index contributed by atoms with van der Waals surface area (Å²) in [5.74, 6) is 0.576. The Labute approximate surface area is 136 Å². The molecule has 122 valence electrons. The Balaban J connectivity index is 1.64. The van der Waals surface area contributed by atoms with Crippen molar-refractivity contribution in [2.75, 3.05) is 17.7 Å². The topological polar surface area (TPSA) is 89.3 Å². The standard InChI is InChI=1S/C16H13FN4O3/c1-23-13-8-2-10(3-9-13)14-20-21-16(24-14)19-15(22)18-12-6-4-11(17)5-7-12/h2-9H,1H3,(H2,18,19,21,22). The highest BCUT2D eigenvalue weighted by Gasteiger charge is 2.11. The molecule has 0 spiro atoms. The van der Waals surface area contributed by atoms with Crippen molar-refractivity contribution >= 4 is 17.7 Å². The van der Waals surface area contributed by atoms with Gasteiger partial charge >= 0.3 is 12.0 Å². The van der Waals surface area contributed by atoms with E-state index in [-0.39, 0.29) is 17.7 Å². The van der Waals surface area contributed by atoms with Gasteiger partial charge in [-0.3, -0.25) is 5.32 Å². The number of carbonyl (C=O) groups excluding carboxylic acids is 1. The molecule has 24 heavy (non-hydrogen) atoms. The summed E-state index contributed by atoms with van der Waals surface area (Å²) < 4.78 is 23.3. The highest BCUT2D eigenvalue weighted by molar-refractivity contribution is 5.98. The van der Waals surface area contributed by atoms with Crippen molar-refractivity contribution in [1.29, 1.82) is 0 Å². The molecule has 0 saturated carbocycles. The molecule has 2 N–H and O–H groups in total. The quantitative estimate of drug-likeness (QED) is 0.765. The highest BCUT2D eigenvalue weighted by atomic mass is 19.1. The number of nitrogens with one attached hydrogen (secondary N) is 2. The molecule has 2 aromatic carbocycles. The molecule has 0 radical (unpaired) electrons. The third kappa shape index (κ3) is 3.67. The summed E-state index contributed by atoms with van der Waals surface area (Å²) in [7, 11) is 1.57. The van der Waals surface area contributed by atoms with E-state index in [0.29, 0.717) is 17.0 Å². The molecule has 0 saturated heterocycles. The van der Waals surface area contributed by atoms with Gasteiger partial charge in [-0.25, -0.2) is 9.18 Å². The predicted octanol–water partition coefficient (Wildman–Crippen LogP) is 3.53.